The van der Waals surface area contributed by atoms with Gasteiger partial charge in [0, 0.05) is 17.0 Å². The quantitative estimate of drug-likeness (QED) is 0.879. The summed E-state index contributed by atoms with van der Waals surface area (Å²) in [5.74, 6) is 1.09. The predicted molar refractivity (Wildman–Crippen MR) is 81.8 cm³/mol. The molecule has 1 aliphatic rings. The summed E-state index contributed by atoms with van der Waals surface area (Å²) >= 11 is 3.47. The Morgan fingerprint density at radius 1 is 1.63 bits per heavy atom. The number of aliphatic hydroxyl groups is 1. The molecule has 0 radical (unpaired) electrons. The molecule has 1 aromatic rings. The summed E-state index contributed by atoms with van der Waals surface area (Å²) in [7, 11) is 0. The van der Waals surface area contributed by atoms with Crippen molar-refractivity contribution in [2.24, 2.45) is 0 Å². The monoisotopic (exact) mass is 299 g/mol. The SMILES string of the molecule is CCC(C)(CCO)NC(=O)C1SCCc2sccc21. The van der Waals surface area contributed by atoms with E-state index in [0.717, 1.165) is 18.6 Å². The molecule has 0 spiro atoms. The van der Waals surface area contributed by atoms with Crippen LogP contribution in [0.5, 0.6) is 0 Å². The van der Waals surface area contributed by atoms with Crippen LogP contribution in [0.3, 0.4) is 0 Å². The Balaban J connectivity index is 2.09. The van der Waals surface area contributed by atoms with Crippen LogP contribution in [0.25, 0.3) is 0 Å². The first-order valence-corrected chi connectivity index (χ1v) is 8.63. The van der Waals surface area contributed by atoms with Gasteiger partial charge >= 0.3 is 0 Å². The molecule has 0 saturated carbocycles. The average Bonchev–Trinajstić information content (AvgIpc) is 2.86. The van der Waals surface area contributed by atoms with Gasteiger partial charge in [-0.2, -0.15) is 0 Å². The Labute approximate surface area is 122 Å². The predicted octanol–water partition coefficient (Wildman–Crippen LogP) is 2.75. The van der Waals surface area contributed by atoms with Crippen molar-refractivity contribution in [2.75, 3.05) is 12.4 Å². The molecule has 0 fully saturated rings. The normalized spacial score (nSPS) is 21.5. The number of nitrogens with one attached hydrogen (secondary N) is 1. The molecular formula is C14H21NO2S2. The minimum atomic E-state index is -0.306. The van der Waals surface area contributed by atoms with Gasteiger partial charge in [0.25, 0.3) is 0 Å². The number of rotatable bonds is 5. The number of hydrogen-bond donors (Lipinski definition) is 2. The molecule has 0 saturated heterocycles. The highest BCUT2D eigenvalue weighted by atomic mass is 32.2. The van der Waals surface area contributed by atoms with E-state index < -0.39 is 0 Å². The number of carbonyl (C=O) groups excluding carboxylic acids is 1. The van der Waals surface area contributed by atoms with Crippen molar-refractivity contribution < 1.29 is 9.90 Å². The van der Waals surface area contributed by atoms with Gasteiger partial charge in [-0.05, 0) is 48.9 Å². The summed E-state index contributed by atoms with van der Waals surface area (Å²) in [5, 5.41) is 14.2. The van der Waals surface area contributed by atoms with Crippen LogP contribution >= 0.6 is 23.1 Å². The molecule has 0 aromatic carbocycles. The molecule has 3 nitrogen and oxygen atoms in total. The summed E-state index contributed by atoms with van der Waals surface area (Å²) in [6.07, 6.45) is 2.50. The van der Waals surface area contributed by atoms with Gasteiger partial charge in [-0.15, -0.1) is 23.1 Å². The minimum Gasteiger partial charge on any atom is -0.396 e. The first-order valence-electron chi connectivity index (χ1n) is 6.70. The van der Waals surface area contributed by atoms with Crippen molar-refractivity contribution in [3.05, 3.63) is 21.9 Å². The first-order chi connectivity index (χ1) is 9.09. The van der Waals surface area contributed by atoms with E-state index in [1.165, 1.54) is 10.4 Å². The number of carbonyl (C=O) groups is 1. The average molecular weight is 299 g/mol. The second-order valence-electron chi connectivity index (χ2n) is 5.18. The molecule has 19 heavy (non-hydrogen) atoms. The van der Waals surface area contributed by atoms with Crippen molar-refractivity contribution in [3.63, 3.8) is 0 Å². The summed E-state index contributed by atoms with van der Waals surface area (Å²) in [6, 6.07) is 2.08. The number of fused-ring (bicyclic) bond motifs is 1. The van der Waals surface area contributed by atoms with Gasteiger partial charge in [0.2, 0.25) is 5.91 Å². The highest BCUT2D eigenvalue weighted by Gasteiger charge is 2.32. The molecule has 1 aliphatic heterocycles. The van der Waals surface area contributed by atoms with Crippen molar-refractivity contribution >= 4 is 29.0 Å². The molecule has 2 heterocycles. The molecular weight excluding hydrogens is 278 g/mol. The summed E-state index contributed by atoms with van der Waals surface area (Å²) in [4.78, 5) is 13.8. The van der Waals surface area contributed by atoms with E-state index in [0.29, 0.717) is 6.42 Å². The second-order valence-corrected chi connectivity index (χ2v) is 7.39. The maximum Gasteiger partial charge on any atom is 0.238 e. The number of aliphatic hydroxyl groups excluding tert-OH is 1. The lowest BCUT2D eigenvalue weighted by molar-refractivity contribution is -0.122. The number of thiophene rings is 1. The lowest BCUT2D eigenvalue weighted by Gasteiger charge is -2.32. The zero-order valence-electron chi connectivity index (χ0n) is 11.4. The summed E-state index contributed by atoms with van der Waals surface area (Å²) in [6.45, 7) is 4.15. The Hall–Kier alpha value is -0.520. The van der Waals surface area contributed by atoms with Crippen molar-refractivity contribution in [2.45, 2.75) is 43.9 Å². The Bertz CT molecular complexity index is 446. The molecule has 106 valence electrons. The topological polar surface area (TPSA) is 49.3 Å². The Kier molecular flexibility index (Phi) is 4.92. The van der Waals surface area contributed by atoms with Crippen LogP contribution in [-0.4, -0.2) is 28.9 Å². The van der Waals surface area contributed by atoms with Gasteiger partial charge in [-0.25, -0.2) is 0 Å². The molecule has 2 unspecified atom stereocenters. The molecule has 2 atom stereocenters. The van der Waals surface area contributed by atoms with E-state index in [9.17, 15) is 4.79 Å². The highest BCUT2D eigenvalue weighted by Crippen LogP contribution is 2.39. The fourth-order valence-electron chi connectivity index (χ4n) is 2.30. The number of aryl methyl sites for hydroxylation is 1. The molecule has 5 heteroatoms. The Morgan fingerprint density at radius 3 is 3.11 bits per heavy atom. The van der Waals surface area contributed by atoms with Crippen LogP contribution in [-0.2, 0) is 11.2 Å². The fraction of sp³-hybridized carbons (Fsp3) is 0.643. The molecule has 0 bridgehead atoms. The number of amides is 1. The van der Waals surface area contributed by atoms with Crippen molar-refractivity contribution in [1.82, 2.24) is 5.32 Å². The zero-order chi connectivity index (χ0) is 13.9. The highest BCUT2D eigenvalue weighted by molar-refractivity contribution is 8.00. The van der Waals surface area contributed by atoms with E-state index >= 15 is 0 Å². The van der Waals surface area contributed by atoms with Gasteiger partial charge in [0.15, 0.2) is 0 Å². The zero-order valence-corrected chi connectivity index (χ0v) is 13.1. The lowest BCUT2D eigenvalue weighted by Crippen LogP contribution is -2.47. The molecule has 2 N–H and O–H groups in total. The molecule has 1 amide bonds. The molecule has 1 aromatic heterocycles. The maximum absolute atomic E-state index is 12.5. The maximum atomic E-state index is 12.5. The largest absolute Gasteiger partial charge is 0.396 e. The van der Waals surface area contributed by atoms with E-state index in [-0.39, 0.29) is 23.3 Å². The summed E-state index contributed by atoms with van der Waals surface area (Å²) in [5.41, 5.74) is 0.876. The third kappa shape index (κ3) is 3.33. The van der Waals surface area contributed by atoms with Crippen LogP contribution in [0.2, 0.25) is 0 Å². The van der Waals surface area contributed by atoms with Crippen LogP contribution < -0.4 is 5.32 Å². The van der Waals surface area contributed by atoms with E-state index in [1.54, 1.807) is 23.1 Å². The summed E-state index contributed by atoms with van der Waals surface area (Å²) < 4.78 is 0. The van der Waals surface area contributed by atoms with Gasteiger partial charge in [-0.1, -0.05) is 6.92 Å². The smallest absolute Gasteiger partial charge is 0.238 e. The van der Waals surface area contributed by atoms with Crippen LogP contribution in [0.4, 0.5) is 0 Å². The van der Waals surface area contributed by atoms with Gasteiger partial charge in [-0.3, -0.25) is 4.79 Å². The lowest BCUT2D eigenvalue weighted by atomic mass is 9.94. The third-order valence-electron chi connectivity index (χ3n) is 3.78. The van der Waals surface area contributed by atoms with Crippen LogP contribution in [0.1, 0.15) is 42.4 Å². The van der Waals surface area contributed by atoms with Gasteiger partial charge in [0.1, 0.15) is 5.25 Å². The van der Waals surface area contributed by atoms with E-state index in [1.807, 2.05) is 13.8 Å². The number of thioether (sulfide) groups is 1. The standard InChI is InChI=1S/C14H21NO2S2/c1-3-14(2,6-7-16)15-13(17)12-10-4-8-18-11(10)5-9-19-12/h4,8,12,16H,3,5-7,9H2,1-2H3,(H,15,17). The first kappa shape index (κ1) is 14.9. The molecule has 2 rings (SSSR count). The molecule has 0 aliphatic carbocycles. The van der Waals surface area contributed by atoms with Crippen LogP contribution in [0, 0.1) is 0 Å². The third-order valence-corrected chi connectivity index (χ3v) is 6.02. The van der Waals surface area contributed by atoms with E-state index in [4.69, 9.17) is 5.11 Å². The minimum absolute atomic E-state index is 0.0837. The van der Waals surface area contributed by atoms with Crippen molar-refractivity contribution in [1.29, 1.82) is 0 Å². The number of hydrogen-bond acceptors (Lipinski definition) is 4. The van der Waals surface area contributed by atoms with Crippen molar-refractivity contribution in [3.8, 4) is 0 Å². The van der Waals surface area contributed by atoms with Gasteiger partial charge < -0.3 is 10.4 Å². The van der Waals surface area contributed by atoms with Gasteiger partial charge in [0.05, 0.1) is 0 Å². The second kappa shape index (κ2) is 6.29. The fourth-order valence-corrected chi connectivity index (χ4v) is 4.59. The van der Waals surface area contributed by atoms with Crippen LogP contribution in [0.15, 0.2) is 11.4 Å². The Morgan fingerprint density at radius 2 is 2.42 bits per heavy atom. The van der Waals surface area contributed by atoms with E-state index in [2.05, 4.69) is 16.8 Å².